The van der Waals surface area contributed by atoms with Gasteiger partial charge in [0.2, 0.25) is 0 Å². The van der Waals surface area contributed by atoms with Crippen LogP contribution in [0.2, 0.25) is 0 Å². The first-order chi connectivity index (χ1) is 6.84. The van der Waals surface area contributed by atoms with Crippen LogP contribution in [0.25, 0.3) is 0 Å². The number of quaternary nitrogens is 2. The number of rotatable bonds is 2. The number of halogens is 2. The fraction of sp³-hybridized carbons (Fsp3) is 1.00. The van der Waals surface area contributed by atoms with Crippen molar-refractivity contribution >= 4 is 0 Å². The normalized spacial score (nSPS) is 34.7. The minimum Gasteiger partial charge on any atom is -1.00 e. The number of hydrogen-bond acceptors (Lipinski definition) is 0. The molecule has 16 heavy (non-hydrogen) atoms. The number of hydrogen-bond donors (Lipinski definition) is 2. The van der Waals surface area contributed by atoms with E-state index < -0.39 is 0 Å². The van der Waals surface area contributed by atoms with Crippen molar-refractivity contribution in [2.45, 2.75) is 70.0 Å². The van der Waals surface area contributed by atoms with E-state index in [0.717, 1.165) is 18.1 Å². The smallest absolute Gasteiger partial charge is 0.0918 e. The highest BCUT2D eigenvalue weighted by atomic mass is 35.5. The predicted octanol–water partition coefficient (Wildman–Crippen LogP) is -6.00. The van der Waals surface area contributed by atoms with Gasteiger partial charge in [-0.2, -0.15) is 0 Å². The van der Waals surface area contributed by atoms with Gasteiger partial charge in [-0.05, 0) is 45.4 Å². The molecule has 0 aromatic heterocycles. The number of nitrogens with two attached hydrogens (primary N) is 2. The quantitative estimate of drug-likeness (QED) is 0.500. The summed E-state index contributed by atoms with van der Waals surface area (Å²) in [6.07, 6.45) is 10.2. The van der Waals surface area contributed by atoms with Crippen LogP contribution in [0.3, 0.4) is 0 Å². The molecule has 3 atom stereocenters. The van der Waals surface area contributed by atoms with E-state index in [-0.39, 0.29) is 24.8 Å². The Labute approximate surface area is 112 Å². The van der Waals surface area contributed by atoms with Crippen LogP contribution < -0.4 is 35.4 Å². The average Bonchev–Trinajstić information content (AvgIpc) is 2.19. The third kappa shape index (κ3) is 5.22. The minimum atomic E-state index is 0. The molecule has 2 saturated heterocycles. The Kier molecular flexibility index (Phi) is 8.84. The van der Waals surface area contributed by atoms with Crippen molar-refractivity contribution in [2.75, 3.05) is 6.54 Å². The first kappa shape index (κ1) is 16.5. The second-order valence-electron chi connectivity index (χ2n) is 5.38. The van der Waals surface area contributed by atoms with Crippen LogP contribution >= 0.6 is 0 Å². The van der Waals surface area contributed by atoms with E-state index in [9.17, 15) is 0 Å². The van der Waals surface area contributed by atoms with Crippen LogP contribution in [-0.2, 0) is 0 Å². The van der Waals surface area contributed by atoms with Crippen molar-refractivity contribution in [2.24, 2.45) is 0 Å². The van der Waals surface area contributed by atoms with Gasteiger partial charge in [-0.3, -0.25) is 0 Å². The minimum absolute atomic E-state index is 0. The van der Waals surface area contributed by atoms with Gasteiger partial charge in [-0.25, -0.2) is 0 Å². The van der Waals surface area contributed by atoms with Gasteiger partial charge in [0.15, 0.2) is 0 Å². The molecule has 0 bridgehead atoms. The molecule has 2 aliphatic rings. The molecule has 3 unspecified atom stereocenters. The van der Waals surface area contributed by atoms with Crippen LogP contribution in [0.4, 0.5) is 0 Å². The standard InChI is InChI=1S/C12H24N2.2ClH/c1-10-5-4-7-12(14-10)9-11-6-2-3-8-13-11;;/h10-14H,2-9H2,1H3;2*1H. The van der Waals surface area contributed by atoms with E-state index in [1.54, 1.807) is 0 Å². The van der Waals surface area contributed by atoms with Gasteiger partial charge in [0.25, 0.3) is 0 Å². The van der Waals surface area contributed by atoms with E-state index >= 15 is 0 Å². The summed E-state index contributed by atoms with van der Waals surface area (Å²) >= 11 is 0. The lowest BCUT2D eigenvalue weighted by atomic mass is 9.91. The largest absolute Gasteiger partial charge is 1.00 e. The molecule has 2 nitrogen and oxygen atoms in total. The van der Waals surface area contributed by atoms with E-state index in [2.05, 4.69) is 17.6 Å². The van der Waals surface area contributed by atoms with Crippen LogP contribution in [0.5, 0.6) is 0 Å². The summed E-state index contributed by atoms with van der Waals surface area (Å²) in [6.45, 7) is 3.77. The summed E-state index contributed by atoms with van der Waals surface area (Å²) < 4.78 is 0. The summed E-state index contributed by atoms with van der Waals surface area (Å²) in [7, 11) is 0. The van der Waals surface area contributed by atoms with Crippen molar-refractivity contribution in [3.05, 3.63) is 0 Å². The van der Waals surface area contributed by atoms with Crippen LogP contribution in [0, 0.1) is 0 Å². The van der Waals surface area contributed by atoms with Gasteiger partial charge in [-0.1, -0.05) is 0 Å². The Hall–Kier alpha value is 0.500. The lowest BCUT2D eigenvalue weighted by molar-refractivity contribution is -0.745. The SMILES string of the molecule is CC1CCCC(CC2CCCC[NH2+]2)[NH2+]1.[Cl-].[Cl-]. The first-order valence-electron chi connectivity index (χ1n) is 6.53. The second-order valence-corrected chi connectivity index (χ2v) is 5.38. The maximum Gasteiger partial charge on any atom is 0.0918 e. The number of piperidine rings is 2. The molecular weight excluding hydrogens is 243 g/mol. The van der Waals surface area contributed by atoms with Gasteiger partial charge < -0.3 is 35.4 Å². The molecule has 0 aromatic carbocycles. The summed E-state index contributed by atoms with van der Waals surface area (Å²) in [5, 5.41) is 5.22. The highest BCUT2D eigenvalue weighted by molar-refractivity contribution is 4.69. The molecule has 4 N–H and O–H groups in total. The molecule has 2 fully saturated rings. The Morgan fingerprint density at radius 3 is 2.31 bits per heavy atom. The lowest BCUT2D eigenvalue weighted by Crippen LogP contribution is -3.00. The topological polar surface area (TPSA) is 33.2 Å². The highest BCUT2D eigenvalue weighted by Gasteiger charge is 2.27. The molecular formula is C12H26Cl2N2. The van der Waals surface area contributed by atoms with Crippen molar-refractivity contribution in [1.82, 2.24) is 0 Å². The van der Waals surface area contributed by atoms with Crippen molar-refractivity contribution in [1.29, 1.82) is 0 Å². The van der Waals surface area contributed by atoms with Crippen LogP contribution in [0.15, 0.2) is 0 Å². The zero-order valence-electron chi connectivity index (χ0n) is 10.3. The Bertz CT molecular complexity index is 172. The molecule has 0 aromatic rings. The maximum atomic E-state index is 2.63. The van der Waals surface area contributed by atoms with E-state index in [0.29, 0.717) is 0 Å². The van der Waals surface area contributed by atoms with Crippen molar-refractivity contribution in [3.8, 4) is 0 Å². The molecule has 2 heterocycles. The Morgan fingerprint density at radius 2 is 1.69 bits per heavy atom. The second kappa shape index (κ2) is 8.57. The fourth-order valence-corrected chi connectivity index (χ4v) is 3.18. The van der Waals surface area contributed by atoms with Gasteiger partial charge in [0.1, 0.15) is 0 Å². The molecule has 2 aliphatic heterocycles. The Morgan fingerprint density at radius 1 is 0.938 bits per heavy atom. The van der Waals surface area contributed by atoms with E-state index in [4.69, 9.17) is 0 Å². The van der Waals surface area contributed by atoms with E-state index in [1.807, 2.05) is 0 Å². The molecule has 0 amide bonds. The summed E-state index contributed by atoms with van der Waals surface area (Å²) in [6, 6.07) is 2.78. The Balaban J connectivity index is 0.00000112. The molecule has 0 radical (unpaired) electrons. The summed E-state index contributed by atoms with van der Waals surface area (Å²) in [5.74, 6) is 0. The molecule has 0 saturated carbocycles. The first-order valence-corrected chi connectivity index (χ1v) is 6.53. The van der Waals surface area contributed by atoms with Crippen LogP contribution in [0.1, 0.15) is 51.9 Å². The molecule has 0 aliphatic carbocycles. The van der Waals surface area contributed by atoms with Gasteiger partial charge in [0, 0.05) is 0 Å². The summed E-state index contributed by atoms with van der Waals surface area (Å²) in [5.41, 5.74) is 0. The van der Waals surface area contributed by atoms with Gasteiger partial charge in [0.05, 0.1) is 31.1 Å². The molecule has 98 valence electrons. The van der Waals surface area contributed by atoms with Gasteiger partial charge in [-0.15, -0.1) is 0 Å². The average molecular weight is 269 g/mol. The zero-order valence-corrected chi connectivity index (χ0v) is 11.8. The van der Waals surface area contributed by atoms with Crippen molar-refractivity contribution in [3.63, 3.8) is 0 Å². The van der Waals surface area contributed by atoms with Gasteiger partial charge >= 0.3 is 0 Å². The van der Waals surface area contributed by atoms with Crippen molar-refractivity contribution < 1.29 is 35.4 Å². The van der Waals surface area contributed by atoms with E-state index in [1.165, 1.54) is 51.5 Å². The highest BCUT2D eigenvalue weighted by Crippen LogP contribution is 2.12. The zero-order chi connectivity index (χ0) is 9.80. The predicted molar refractivity (Wildman–Crippen MR) is 58.1 cm³/mol. The third-order valence-corrected chi connectivity index (χ3v) is 3.97. The maximum absolute atomic E-state index is 2.63. The third-order valence-electron chi connectivity index (χ3n) is 3.97. The summed E-state index contributed by atoms with van der Waals surface area (Å²) in [4.78, 5) is 0. The fourth-order valence-electron chi connectivity index (χ4n) is 3.18. The van der Waals surface area contributed by atoms with Crippen LogP contribution in [-0.4, -0.2) is 24.7 Å². The molecule has 0 spiro atoms. The molecule has 2 rings (SSSR count). The molecule has 4 heteroatoms. The lowest BCUT2D eigenvalue weighted by Gasteiger charge is -2.29. The monoisotopic (exact) mass is 268 g/mol.